The van der Waals surface area contributed by atoms with Gasteiger partial charge in [0.2, 0.25) is 0 Å². The van der Waals surface area contributed by atoms with Crippen LogP contribution in [0.15, 0.2) is 30.3 Å². The van der Waals surface area contributed by atoms with Crippen molar-refractivity contribution in [2.24, 2.45) is 0 Å². The quantitative estimate of drug-likeness (QED) is 0.917. The van der Waals surface area contributed by atoms with Crippen molar-refractivity contribution in [2.45, 2.75) is 61.3 Å². The Morgan fingerprint density at radius 3 is 2.33 bits per heavy atom. The first-order valence-corrected chi connectivity index (χ1v) is 9.30. The number of hydrogen-bond donors (Lipinski definition) is 1. The van der Waals surface area contributed by atoms with Crippen LogP contribution in [0.4, 0.5) is 0 Å². The average molecular weight is 300 g/mol. The van der Waals surface area contributed by atoms with Crippen LogP contribution in [0, 0.1) is 11.3 Å². The van der Waals surface area contributed by atoms with E-state index < -0.39 is 0 Å². The molecule has 2 aliphatic rings. The number of benzene rings is 1. The Kier molecular flexibility index (Phi) is 4.57. The molecule has 0 bridgehead atoms. The fourth-order valence-corrected chi connectivity index (χ4v) is 4.59. The molecule has 3 heteroatoms. The Bertz CT molecular complexity index is 494. The topological polar surface area (TPSA) is 35.8 Å². The van der Waals surface area contributed by atoms with E-state index in [1.165, 1.54) is 31.2 Å². The summed E-state index contributed by atoms with van der Waals surface area (Å²) in [5.74, 6) is 0. The number of nitriles is 1. The number of nitrogens with zero attached hydrogens (tertiary/aromatic N) is 1. The van der Waals surface area contributed by atoms with Gasteiger partial charge in [0.25, 0.3) is 0 Å². The van der Waals surface area contributed by atoms with Gasteiger partial charge in [-0.1, -0.05) is 30.3 Å². The molecule has 2 nitrogen and oxygen atoms in total. The van der Waals surface area contributed by atoms with Gasteiger partial charge in [-0.05, 0) is 50.3 Å². The zero-order valence-corrected chi connectivity index (χ0v) is 13.5. The van der Waals surface area contributed by atoms with Gasteiger partial charge in [-0.3, -0.25) is 0 Å². The zero-order valence-electron chi connectivity index (χ0n) is 12.7. The van der Waals surface area contributed by atoms with Crippen LogP contribution < -0.4 is 5.32 Å². The van der Waals surface area contributed by atoms with E-state index in [2.05, 4.69) is 29.8 Å². The summed E-state index contributed by atoms with van der Waals surface area (Å²) in [5.41, 5.74) is 0.951. The van der Waals surface area contributed by atoms with Crippen LogP contribution in [0.2, 0.25) is 0 Å². The lowest BCUT2D eigenvalue weighted by atomic mass is 9.62. The molecule has 0 amide bonds. The monoisotopic (exact) mass is 300 g/mol. The van der Waals surface area contributed by atoms with E-state index in [0.29, 0.717) is 12.1 Å². The van der Waals surface area contributed by atoms with Crippen molar-refractivity contribution in [1.29, 1.82) is 5.26 Å². The molecular formula is C18H24N2S. The van der Waals surface area contributed by atoms with Crippen molar-refractivity contribution in [2.75, 3.05) is 6.26 Å². The fourth-order valence-electron chi connectivity index (χ4n) is 3.85. The second-order valence-electron chi connectivity index (χ2n) is 6.54. The maximum Gasteiger partial charge on any atom is 0.0852 e. The van der Waals surface area contributed by atoms with Crippen LogP contribution in [0.1, 0.15) is 44.1 Å². The standard InChI is InChI=1S/C18H24N2S/c1-21-17-9-7-15(8-10-17)20-16-11-18(12-16,13-19)14-5-3-2-4-6-14/h2-6,15-17,20H,7-12H2,1H3. The molecule has 0 heterocycles. The van der Waals surface area contributed by atoms with Crippen LogP contribution in [0.5, 0.6) is 0 Å². The van der Waals surface area contributed by atoms with Gasteiger partial charge in [0.1, 0.15) is 0 Å². The van der Waals surface area contributed by atoms with Gasteiger partial charge in [-0.15, -0.1) is 0 Å². The van der Waals surface area contributed by atoms with Crippen LogP contribution in [-0.4, -0.2) is 23.6 Å². The second kappa shape index (κ2) is 6.42. The molecule has 1 aromatic carbocycles. The van der Waals surface area contributed by atoms with Crippen molar-refractivity contribution in [3.8, 4) is 6.07 Å². The smallest absolute Gasteiger partial charge is 0.0852 e. The first-order chi connectivity index (χ1) is 10.3. The van der Waals surface area contributed by atoms with Crippen LogP contribution in [0.3, 0.4) is 0 Å². The van der Waals surface area contributed by atoms with E-state index in [1.54, 1.807) is 0 Å². The molecule has 2 saturated carbocycles. The first kappa shape index (κ1) is 14.9. The highest BCUT2D eigenvalue weighted by molar-refractivity contribution is 7.99. The van der Waals surface area contributed by atoms with E-state index >= 15 is 0 Å². The lowest BCUT2D eigenvalue weighted by molar-refractivity contribution is 0.194. The van der Waals surface area contributed by atoms with Gasteiger partial charge in [0.15, 0.2) is 0 Å². The minimum Gasteiger partial charge on any atom is -0.311 e. The first-order valence-electron chi connectivity index (χ1n) is 8.01. The van der Waals surface area contributed by atoms with Gasteiger partial charge in [-0.25, -0.2) is 0 Å². The van der Waals surface area contributed by atoms with Crippen molar-refractivity contribution < 1.29 is 0 Å². The van der Waals surface area contributed by atoms with E-state index in [0.717, 1.165) is 18.1 Å². The van der Waals surface area contributed by atoms with E-state index in [4.69, 9.17) is 0 Å². The van der Waals surface area contributed by atoms with E-state index in [9.17, 15) is 5.26 Å². The summed E-state index contributed by atoms with van der Waals surface area (Å²) in [4.78, 5) is 0. The normalized spacial score (nSPS) is 35.7. The molecule has 1 N–H and O–H groups in total. The molecule has 2 fully saturated rings. The zero-order chi connectivity index (χ0) is 14.7. The van der Waals surface area contributed by atoms with Gasteiger partial charge < -0.3 is 5.32 Å². The molecule has 112 valence electrons. The molecule has 0 atom stereocenters. The van der Waals surface area contributed by atoms with Gasteiger partial charge >= 0.3 is 0 Å². The summed E-state index contributed by atoms with van der Waals surface area (Å²) in [7, 11) is 0. The third kappa shape index (κ3) is 3.12. The number of thioether (sulfide) groups is 1. The van der Waals surface area contributed by atoms with Crippen LogP contribution in [0.25, 0.3) is 0 Å². The number of rotatable bonds is 4. The van der Waals surface area contributed by atoms with Crippen LogP contribution >= 0.6 is 11.8 Å². The largest absolute Gasteiger partial charge is 0.311 e. The summed E-state index contributed by atoms with van der Waals surface area (Å²) in [5, 5.41) is 14.3. The Balaban J connectivity index is 1.52. The average Bonchev–Trinajstić information content (AvgIpc) is 2.52. The SMILES string of the molecule is CSC1CCC(NC2CC(C#N)(c3ccccc3)C2)CC1. The summed E-state index contributed by atoms with van der Waals surface area (Å²) in [6, 6.07) is 14.1. The third-order valence-corrected chi connectivity index (χ3v) is 6.35. The van der Waals surface area contributed by atoms with E-state index in [-0.39, 0.29) is 5.41 Å². The molecule has 1 aromatic rings. The second-order valence-corrected chi connectivity index (χ2v) is 7.68. The summed E-state index contributed by atoms with van der Waals surface area (Å²) < 4.78 is 0. The summed E-state index contributed by atoms with van der Waals surface area (Å²) in [6.07, 6.45) is 9.44. The molecule has 3 rings (SSSR count). The Hall–Kier alpha value is -0.980. The molecule has 0 unspecified atom stereocenters. The Morgan fingerprint density at radius 1 is 1.10 bits per heavy atom. The molecule has 0 saturated heterocycles. The van der Waals surface area contributed by atoms with Crippen LogP contribution in [-0.2, 0) is 5.41 Å². The Morgan fingerprint density at radius 2 is 1.76 bits per heavy atom. The molecule has 21 heavy (non-hydrogen) atoms. The maximum atomic E-state index is 9.60. The van der Waals surface area contributed by atoms with Crippen molar-refractivity contribution in [3.05, 3.63) is 35.9 Å². The number of hydrogen-bond acceptors (Lipinski definition) is 3. The molecule has 0 spiro atoms. The highest BCUT2D eigenvalue weighted by Gasteiger charge is 2.46. The Labute approximate surface area is 132 Å². The van der Waals surface area contributed by atoms with Gasteiger partial charge in [0, 0.05) is 17.3 Å². The van der Waals surface area contributed by atoms with Crippen molar-refractivity contribution >= 4 is 11.8 Å². The third-order valence-electron chi connectivity index (χ3n) is 5.21. The summed E-state index contributed by atoms with van der Waals surface area (Å²) in [6.45, 7) is 0. The number of nitrogens with one attached hydrogen (secondary N) is 1. The highest BCUT2D eigenvalue weighted by atomic mass is 32.2. The van der Waals surface area contributed by atoms with Crippen molar-refractivity contribution in [3.63, 3.8) is 0 Å². The predicted octanol–water partition coefficient (Wildman–Crippen LogP) is 3.87. The van der Waals surface area contributed by atoms with Gasteiger partial charge in [0.05, 0.1) is 11.5 Å². The molecular weight excluding hydrogens is 276 g/mol. The maximum absolute atomic E-state index is 9.60. The lowest BCUT2D eigenvalue weighted by Crippen LogP contribution is -2.54. The lowest BCUT2D eigenvalue weighted by Gasteiger charge is -2.45. The molecule has 0 radical (unpaired) electrons. The highest BCUT2D eigenvalue weighted by Crippen LogP contribution is 2.44. The van der Waals surface area contributed by atoms with E-state index in [1.807, 2.05) is 30.0 Å². The molecule has 2 aliphatic carbocycles. The fraction of sp³-hybridized carbons (Fsp3) is 0.611. The summed E-state index contributed by atoms with van der Waals surface area (Å²) >= 11 is 2.02. The minimum atomic E-state index is -0.241. The minimum absolute atomic E-state index is 0.241. The predicted molar refractivity (Wildman–Crippen MR) is 89.4 cm³/mol. The van der Waals surface area contributed by atoms with Crippen molar-refractivity contribution in [1.82, 2.24) is 5.32 Å². The molecule has 0 aromatic heterocycles. The van der Waals surface area contributed by atoms with Gasteiger partial charge in [-0.2, -0.15) is 17.0 Å². The molecule has 0 aliphatic heterocycles.